The maximum Gasteiger partial charge on any atom is 0.178 e. The second-order valence-corrected chi connectivity index (χ2v) is 7.31. The summed E-state index contributed by atoms with van der Waals surface area (Å²) in [4.78, 5) is 0. The van der Waals surface area contributed by atoms with Crippen molar-refractivity contribution in [2.75, 3.05) is 5.01 Å². The first-order valence-corrected chi connectivity index (χ1v) is 10.2. The smallest absolute Gasteiger partial charge is 0.178 e. The molecule has 0 N–H and O–H groups in total. The maximum absolute atomic E-state index is 5.00. The van der Waals surface area contributed by atoms with Gasteiger partial charge in [-0.05, 0) is 30.7 Å². The first-order valence-electron chi connectivity index (χ1n) is 10.2. The topological polar surface area (TPSA) is 19.5 Å². The normalized spacial score (nSPS) is 11.3. The van der Waals surface area contributed by atoms with Gasteiger partial charge in [0.2, 0.25) is 0 Å². The zero-order chi connectivity index (χ0) is 20.6. The average molecular weight is 393 g/mol. The zero-order valence-corrected chi connectivity index (χ0v) is 17.2. The monoisotopic (exact) mass is 392 g/mol. The molecule has 0 radical (unpaired) electrons. The van der Waals surface area contributed by atoms with Crippen molar-refractivity contribution in [1.82, 2.24) is 0 Å². The van der Waals surface area contributed by atoms with Crippen LogP contribution in [0.3, 0.4) is 0 Å². The number of aromatic nitrogens is 1. The van der Waals surface area contributed by atoms with E-state index >= 15 is 0 Å². The number of hydrogen-bond donors (Lipinski definition) is 0. The second-order valence-electron chi connectivity index (χ2n) is 7.31. The third-order valence-electron chi connectivity index (χ3n) is 4.98. The highest BCUT2D eigenvalue weighted by molar-refractivity contribution is 5.98. The molecule has 0 unspecified atom stereocenters. The van der Waals surface area contributed by atoms with Gasteiger partial charge in [0.15, 0.2) is 18.9 Å². The number of hydrogen-bond acceptors (Lipinski definition) is 2. The van der Waals surface area contributed by atoms with Crippen molar-refractivity contribution in [2.45, 2.75) is 20.0 Å². The van der Waals surface area contributed by atoms with Gasteiger partial charge in [-0.25, -0.2) is 4.57 Å². The van der Waals surface area contributed by atoms with Crippen LogP contribution in [-0.4, -0.2) is 5.71 Å². The molecule has 148 valence electrons. The van der Waals surface area contributed by atoms with Crippen LogP contribution in [0.25, 0.3) is 0 Å². The van der Waals surface area contributed by atoms with Crippen LogP contribution < -0.4 is 9.58 Å². The van der Waals surface area contributed by atoms with Crippen molar-refractivity contribution >= 4 is 11.4 Å². The molecule has 1 aromatic heterocycles. The van der Waals surface area contributed by atoms with E-state index in [0.29, 0.717) is 0 Å². The van der Waals surface area contributed by atoms with E-state index in [1.54, 1.807) is 0 Å². The quantitative estimate of drug-likeness (QED) is 0.232. The predicted molar refractivity (Wildman–Crippen MR) is 123 cm³/mol. The van der Waals surface area contributed by atoms with E-state index in [-0.39, 0.29) is 0 Å². The summed E-state index contributed by atoms with van der Waals surface area (Å²) in [6.45, 7) is 3.64. The van der Waals surface area contributed by atoms with Crippen LogP contribution in [0.4, 0.5) is 5.69 Å². The van der Waals surface area contributed by atoms with Gasteiger partial charge in [-0.2, -0.15) is 5.10 Å². The fourth-order valence-corrected chi connectivity index (χ4v) is 3.41. The lowest BCUT2D eigenvalue weighted by Gasteiger charge is -2.20. The SMILES string of the molecule is C/C(=N\N(Cc1ccccc1)c1ccccc1)c1ccc[n+](Cc2ccccc2)c1. The van der Waals surface area contributed by atoms with E-state index in [1.807, 2.05) is 18.2 Å². The predicted octanol–water partition coefficient (Wildman–Crippen LogP) is 5.45. The summed E-state index contributed by atoms with van der Waals surface area (Å²) in [5.74, 6) is 0. The third kappa shape index (κ3) is 5.21. The molecule has 30 heavy (non-hydrogen) atoms. The lowest BCUT2D eigenvalue weighted by Crippen LogP contribution is -2.34. The van der Waals surface area contributed by atoms with E-state index in [1.165, 1.54) is 11.1 Å². The van der Waals surface area contributed by atoms with Gasteiger partial charge >= 0.3 is 0 Å². The molecule has 3 aromatic carbocycles. The summed E-state index contributed by atoms with van der Waals surface area (Å²) in [6.07, 6.45) is 4.26. The molecule has 4 aromatic rings. The van der Waals surface area contributed by atoms with Crippen molar-refractivity contribution < 1.29 is 4.57 Å². The minimum Gasteiger partial charge on any atom is -0.261 e. The van der Waals surface area contributed by atoms with Crippen LogP contribution >= 0.6 is 0 Å². The van der Waals surface area contributed by atoms with Gasteiger partial charge in [0.1, 0.15) is 0 Å². The molecule has 0 aliphatic rings. The molecule has 0 aliphatic carbocycles. The fraction of sp³-hybridized carbons (Fsp3) is 0.111. The number of rotatable bonds is 7. The molecule has 1 heterocycles. The molecule has 4 rings (SSSR count). The Morgan fingerprint density at radius 1 is 0.733 bits per heavy atom. The number of hydrazone groups is 1. The molecule has 0 saturated carbocycles. The van der Waals surface area contributed by atoms with Crippen LogP contribution in [0.5, 0.6) is 0 Å². The summed E-state index contributed by atoms with van der Waals surface area (Å²) >= 11 is 0. The Kier molecular flexibility index (Phi) is 6.31. The highest BCUT2D eigenvalue weighted by atomic mass is 15.5. The average Bonchev–Trinajstić information content (AvgIpc) is 2.81. The van der Waals surface area contributed by atoms with E-state index in [4.69, 9.17) is 5.10 Å². The number of nitrogens with zero attached hydrogens (tertiary/aromatic N) is 3. The molecule has 0 spiro atoms. The fourth-order valence-electron chi connectivity index (χ4n) is 3.41. The van der Waals surface area contributed by atoms with Gasteiger partial charge in [0.05, 0.1) is 23.5 Å². The van der Waals surface area contributed by atoms with Crippen LogP contribution in [0.1, 0.15) is 23.6 Å². The molecule has 0 saturated heterocycles. The van der Waals surface area contributed by atoms with Crippen molar-refractivity contribution in [3.8, 4) is 0 Å². The first-order chi connectivity index (χ1) is 14.8. The van der Waals surface area contributed by atoms with Gasteiger partial charge in [-0.1, -0.05) is 78.9 Å². The number of pyridine rings is 1. The minimum atomic E-state index is 0.721. The van der Waals surface area contributed by atoms with E-state index in [0.717, 1.165) is 30.1 Å². The van der Waals surface area contributed by atoms with Crippen molar-refractivity contribution in [3.05, 3.63) is 132 Å². The largest absolute Gasteiger partial charge is 0.261 e. The van der Waals surface area contributed by atoms with Gasteiger partial charge in [-0.3, -0.25) is 5.01 Å². The highest BCUT2D eigenvalue weighted by Gasteiger charge is 2.10. The molecule has 0 aliphatic heterocycles. The Balaban J connectivity index is 1.61. The Labute approximate surface area is 178 Å². The number of anilines is 1. The number of benzene rings is 3. The Hall–Kier alpha value is -3.72. The van der Waals surface area contributed by atoms with Crippen LogP contribution in [0.15, 0.2) is 121 Å². The lowest BCUT2D eigenvalue weighted by molar-refractivity contribution is -0.688. The summed E-state index contributed by atoms with van der Waals surface area (Å²) in [5, 5.41) is 7.07. The van der Waals surface area contributed by atoms with Gasteiger partial charge in [-0.15, -0.1) is 0 Å². The van der Waals surface area contributed by atoms with Gasteiger partial charge in [0.25, 0.3) is 0 Å². The standard InChI is InChI=1S/C27H26N3/c1-23(26-16-11-19-29(22-26)20-24-12-5-2-6-13-24)28-30(27-17-9-4-10-18-27)21-25-14-7-3-8-15-25/h2-19,22H,20-21H2,1H3/q+1/b28-23+. The van der Waals surface area contributed by atoms with E-state index in [9.17, 15) is 0 Å². The Bertz CT molecular complexity index is 1090. The van der Waals surface area contributed by atoms with Crippen LogP contribution in [0.2, 0.25) is 0 Å². The third-order valence-corrected chi connectivity index (χ3v) is 4.98. The number of para-hydroxylation sites is 1. The molecule has 0 bridgehead atoms. The van der Waals surface area contributed by atoms with Crippen LogP contribution in [-0.2, 0) is 13.1 Å². The molecule has 3 heteroatoms. The maximum atomic E-state index is 5.00. The van der Waals surface area contributed by atoms with Gasteiger partial charge in [0, 0.05) is 11.6 Å². The minimum absolute atomic E-state index is 0.721. The highest BCUT2D eigenvalue weighted by Crippen LogP contribution is 2.18. The summed E-state index contributed by atoms with van der Waals surface area (Å²) in [6, 6.07) is 35.5. The first kappa shape index (κ1) is 19.6. The van der Waals surface area contributed by atoms with E-state index < -0.39 is 0 Å². The van der Waals surface area contributed by atoms with Crippen LogP contribution in [0, 0.1) is 0 Å². The molecular weight excluding hydrogens is 366 g/mol. The van der Waals surface area contributed by atoms with Crippen molar-refractivity contribution in [3.63, 3.8) is 0 Å². The lowest BCUT2D eigenvalue weighted by atomic mass is 10.2. The summed E-state index contributed by atoms with van der Waals surface area (Å²) < 4.78 is 2.20. The summed E-state index contributed by atoms with van der Waals surface area (Å²) in [7, 11) is 0. The molecule has 3 nitrogen and oxygen atoms in total. The molecule has 0 fully saturated rings. The summed E-state index contributed by atoms with van der Waals surface area (Å²) in [5.41, 5.74) is 5.68. The Morgan fingerprint density at radius 3 is 2.00 bits per heavy atom. The van der Waals surface area contributed by atoms with Crippen molar-refractivity contribution in [1.29, 1.82) is 0 Å². The second kappa shape index (κ2) is 9.66. The van der Waals surface area contributed by atoms with E-state index in [2.05, 4.69) is 114 Å². The molecule has 0 amide bonds. The molecular formula is C27H26N3+. The molecule has 0 atom stereocenters. The zero-order valence-electron chi connectivity index (χ0n) is 17.2. The van der Waals surface area contributed by atoms with Gasteiger partial charge < -0.3 is 0 Å². The van der Waals surface area contributed by atoms with Crippen molar-refractivity contribution in [2.24, 2.45) is 5.10 Å². The Morgan fingerprint density at radius 2 is 1.33 bits per heavy atom.